The zero-order chi connectivity index (χ0) is 24.6. The Morgan fingerprint density at radius 2 is 1.91 bits per heavy atom. The molecule has 2 aromatic carbocycles. The number of carbonyl (C=O) groups is 3. The van der Waals surface area contributed by atoms with Crippen molar-refractivity contribution in [2.45, 2.75) is 45.6 Å². The monoisotopic (exact) mass is 481 g/mol. The lowest BCUT2D eigenvalue weighted by molar-refractivity contribution is -0.127. The first-order valence-electron chi connectivity index (χ1n) is 11.3. The summed E-state index contributed by atoms with van der Waals surface area (Å²) in [7, 11) is 0. The molecule has 3 amide bonds. The fraction of sp³-hybridized carbons (Fsp3) is 0.346. The molecule has 34 heavy (non-hydrogen) atoms. The summed E-state index contributed by atoms with van der Waals surface area (Å²) >= 11 is 0.828. The highest BCUT2D eigenvalue weighted by Gasteiger charge is 2.37. The van der Waals surface area contributed by atoms with Gasteiger partial charge in [-0.3, -0.25) is 19.3 Å². The van der Waals surface area contributed by atoms with Crippen molar-refractivity contribution in [1.29, 1.82) is 0 Å². The van der Waals surface area contributed by atoms with Crippen LogP contribution in [0.5, 0.6) is 0 Å². The molecule has 0 aromatic heterocycles. The minimum Gasteiger partial charge on any atom is -0.366 e. The van der Waals surface area contributed by atoms with Crippen molar-refractivity contribution < 1.29 is 18.8 Å². The van der Waals surface area contributed by atoms with Gasteiger partial charge in [-0.2, -0.15) is 0 Å². The predicted molar refractivity (Wildman–Crippen MR) is 134 cm³/mol. The van der Waals surface area contributed by atoms with E-state index in [1.165, 1.54) is 35.5 Å². The van der Waals surface area contributed by atoms with Crippen molar-refractivity contribution >= 4 is 46.3 Å². The molecule has 0 unspecified atom stereocenters. The van der Waals surface area contributed by atoms with E-state index < -0.39 is 29.4 Å². The standard InChI is InChI=1S/C26H28FN3O3S/c1-5-30-21-11-6-17(12-20(21)16(2)14-26(30,3)4)13-22-24(32)29(25(33)34-22)15-23(31)28-19-9-7-18(27)8-10-19/h6-13,16H,5,14-15H2,1-4H3,(H,28,31)/b22-13-/t16-/m0/s1. The van der Waals surface area contributed by atoms with Crippen molar-refractivity contribution in [2.24, 2.45) is 0 Å². The largest absolute Gasteiger partial charge is 0.366 e. The molecule has 4 rings (SSSR count). The van der Waals surface area contributed by atoms with Crippen molar-refractivity contribution in [3.63, 3.8) is 0 Å². The van der Waals surface area contributed by atoms with E-state index in [9.17, 15) is 18.8 Å². The maximum absolute atomic E-state index is 13.0. The third-order valence-electron chi connectivity index (χ3n) is 6.33. The summed E-state index contributed by atoms with van der Waals surface area (Å²) < 4.78 is 13.0. The van der Waals surface area contributed by atoms with Crippen LogP contribution in [0, 0.1) is 5.82 Å². The van der Waals surface area contributed by atoms with Crippen molar-refractivity contribution in [2.75, 3.05) is 23.3 Å². The Hall–Kier alpha value is -3.13. The fourth-order valence-corrected chi connectivity index (χ4v) is 5.70. The van der Waals surface area contributed by atoms with E-state index in [1.807, 2.05) is 6.07 Å². The van der Waals surface area contributed by atoms with Gasteiger partial charge in [0.05, 0.1) is 4.91 Å². The van der Waals surface area contributed by atoms with Gasteiger partial charge in [-0.05, 0) is 98.5 Å². The lowest BCUT2D eigenvalue weighted by Crippen LogP contribution is -2.48. The number of nitrogens with zero attached hydrogens (tertiary/aromatic N) is 2. The van der Waals surface area contributed by atoms with E-state index in [4.69, 9.17) is 0 Å². The predicted octanol–water partition coefficient (Wildman–Crippen LogP) is 5.61. The number of anilines is 2. The number of hydrogen-bond donors (Lipinski definition) is 1. The molecule has 2 heterocycles. The Bertz CT molecular complexity index is 1180. The molecule has 0 bridgehead atoms. The van der Waals surface area contributed by atoms with Gasteiger partial charge in [0.15, 0.2) is 0 Å². The Balaban J connectivity index is 1.50. The SMILES string of the molecule is CCN1c2ccc(/C=C3\SC(=O)N(CC(=O)Nc4ccc(F)cc4)C3=O)cc2[C@@H](C)CC1(C)C. The lowest BCUT2D eigenvalue weighted by Gasteiger charge is -2.47. The molecule has 8 heteroatoms. The van der Waals surface area contributed by atoms with E-state index in [0.29, 0.717) is 11.6 Å². The number of thioether (sulfide) groups is 1. The van der Waals surface area contributed by atoms with Crippen LogP contribution in [0.15, 0.2) is 47.4 Å². The minimum absolute atomic E-state index is 0.0693. The summed E-state index contributed by atoms with van der Waals surface area (Å²) in [6.45, 7) is 9.38. The number of hydrogen-bond acceptors (Lipinski definition) is 5. The zero-order valence-electron chi connectivity index (χ0n) is 19.7. The summed E-state index contributed by atoms with van der Waals surface area (Å²) in [6.07, 6.45) is 2.74. The number of fused-ring (bicyclic) bond motifs is 1. The van der Waals surface area contributed by atoms with Crippen LogP contribution in [0.2, 0.25) is 0 Å². The molecule has 0 aliphatic carbocycles. The Labute approximate surface area is 203 Å². The van der Waals surface area contributed by atoms with Crippen LogP contribution in [0.3, 0.4) is 0 Å². The van der Waals surface area contributed by atoms with Crippen LogP contribution in [0.1, 0.15) is 51.2 Å². The molecule has 2 aliphatic rings. The quantitative estimate of drug-likeness (QED) is 0.562. The molecule has 1 fully saturated rings. The molecule has 0 saturated carbocycles. The number of amides is 3. The van der Waals surface area contributed by atoms with E-state index in [-0.39, 0.29) is 10.4 Å². The number of rotatable bonds is 5. The van der Waals surface area contributed by atoms with Crippen molar-refractivity contribution in [3.8, 4) is 0 Å². The molecular formula is C26H28FN3O3S. The van der Waals surface area contributed by atoms with Crippen LogP contribution in [-0.4, -0.2) is 40.6 Å². The molecule has 1 atom stereocenters. The van der Waals surface area contributed by atoms with Gasteiger partial charge in [0.1, 0.15) is 12.4 Å². The number of imide groups is 1. The molecule has 1 N–H and O–H groups in total. The molecule has 1 saturated heterocycles. The smallest absolute Gasteiger partial charge is 0.294 e. The van der Waals surface area contributed by atoms with Gasteiger partial charge >= 0.3 is 0 Å². The second-order valence-corrected chi connectivity index (χ2v) is 10.3. The molecule has 0 spiro atoms. The summed E-state index contributed by atoms with van der Waals surface area (Å²) in [4.78, 5) is 41.3. The zero-order valence-corrected chi connectivity index (χ0v) is 20.5. The summed E-state index contributed by atoms with van der Waals surface area (Å²) in [6, 6.07) is 11.4. The average molecular weight is 482 g/mol. The van der Waals surface area contributed by atoms with Crippen LogP contribution in [0.4, 0.5) is 20.6 Å². The minimum atomic E-state index is -0.528. The molecular weight excluding hydrogens is 453 g/mol. The highest BCUT2D eigenvalue weighted by atomic mass is 32.2. The van der Waals surface area contributed by atoms with Gasteiger partial charge < -0.3 is 10.2 Å². The molecule has 178 valence electrons. The topological polar surface area (TPSA) is 69.7 Å². The third-order valence-corrected chi connectivity index (χ3v) is 7.23. The lowest BCUT2D eigenvalue weighted by atomic mass is 9.79. The van der Waals surface area contributed by atoms with Gasteiger partial charge in [-0.25, -0.2) is 4.39 Å². The van der Waals surface area contributed by atoms with E-state index >= 15 is 0 Å². The molecule has 2 aromatic rings. The van der Waals surface area contributed by atoms with Crippen molar-refractivity contribution in [3.05, 3.63) is 64.3 Å². The van der Waals surface area contributed by atoms with Gasteiger partial charge in [0.25, 0.3) is 11.1 Å². The first-order chi connectivity index (χ1) is 16.1. The highest BCUT2D eigenvalue weighted by molar-refractivity contribution is 8.18. The maximum atomic E-state index is 13.0. The summed E-state index contributed by atoms with van der Waals surface area (Å²) in [5.41, 5.74) is 3.74. The summed E-state index contributed by atoms with van der Waals surface area (Å²) in [5.74, 6) is -1.07. The first kappa shape index (κ1) is 24.0. The molecule has 2 aliphatic heterocycles. The van der Waals surface area contributed by atoms with E-state index in [1.54, 1.807) is 6.08 Å². The van der Waals surface area contributed by atoms with Gasteiger partial charge in [-0.1, -0.05) is 13.0 Å². The Morgan fingerprint density at radius 1 is 1.21 bits per heavy atom. The maximum Gasteiger partial charge on any atom is 0.294 e. The van der Waals surface area contributed by atoms with Crippen LogP contribution < -0.4 is 10.2 Å². The van der Waals surface area contributed by atoms with Crippen LogP contribution in [-0.2, 0) is 9.59 Å². The molecule has 0 radical (unpaired) electrons. The Kier molecular flexibility index (Phi) is 6.53. The molecule has 6 nitrogen and oxygen atoms in total. The normalized spacial score (nSPS) is 20.6. The number of nitrogens with one attached hydrogen (secondary N) is 1. The second-order valence-electron chi connectivity index (χ2n) is 9.30. The fourth-order valence-electron chi connectivity index (χ4n) is 4.86. The number of benzene rings is 2. The average Bonchev–Trinajstić information content (AvgIpc) is 3.02. The Morgan fingerprint density at radius 3 is 2.59 bits per heavy atom. The van der Waals surface area contributed by atoms with Crippen molar-refractivity contribution in [1.82, 2.24) is 4.90 Å². The van der Waals surface area contributed by atoms with E-state index in [2.05, 4.69) is 50.0 Å². The second kappa shape index (κ2) is 9.25. The van der Waals surface area contributed by atoms with E-state index in [0.717, 1.165) is 35.2 Å². The number of halogens is 1. The van der Waals surface area contributed by atoms with Gasteiger partial charge in [0, 0.05) is 23.5 Å². The first-order valence-corrected chi connectivity index (χ1v) is 12.1. The third kappa shape index (κ3) is 4.73. The van der Waals surface area contributed by atoms with Crippen LogP contribution in [0.25, 0.3) is 6.08 Å². The number of carbonyl (C=O) groups excluding carboxylic acids is 3. The van der Waals surface area contributed by atoms with Gasteiger partial charge in [-0.15, -0.1) is 0 Å². The van der Waals surface area contributed by atoms with Crippen LogP contribution >= 0.6 is 11.8 Å². The summed E-state index contributed by atoms with van der Waals surface area (Å²) in [5, 5.41) is 2.08. The van der Waals surface area contributed by atoms with Gasteiger partial charge in [0.2, 0.25) is 5.91 Å². The highest BCUT2D eigenvalue weighted by Crippen LogP contribution is 2.44.